The van der Waals surface area contributed by atoms with Crippen LogP contribution < -0.4 is 5.73 Å². The lowest BCUT2D eigenvalue weighted by atomic mass is 10.0. The second-order valence-electron chi connectivity index (χ2n) is 5.11. The van der Waals surface area contributed by atoms with E-state index in [4.69, 9.17) is 5.73 Å². The van der Waals surface area contributed by atoms with Crippen molar-refractivity contribution in [2.45, 2.75) is 45.7 Å². The van der Waals surface area contributed by atoms with Crippen molar-refractivity contribution >= 4 is 0 Å². The van der Waals surface area contributed by atoms with Crippen LogP contribution in [0.25, 0.3) is 0 Å². The van der Waals surface area contributed by atoms with Crippen molar-refractivity contribution in [2.24, 2.45) is 17.6 Å². The summed E-state index contributed by atoms with van der Waals surface area (Å²) in [5.41, 5.74) is 6.11. The Labute approximate surface area is 93.6 Å². The van der Waals surface area contributed by atoms with E-state index in [9.17, 15) is 5.11 Å². The van der Waals surface area contributed by atoms with E-state index in [1.54, 1.807) is 0 Å². The van der Waals surface area contributed by atoms with Crippen LogP contribution in [0.1, 0.15) is 33.6 Å². The molecule has 1 aliphatic heterocycles. The molecule has 0 aromatic heterocycles. The average Bonchev–Trinajstić information content (AvgIpc) is 2.48. The van der Waals surface area contributed by atoms with Gasteiger partial charge in [0, 0.05) is 25.2 Å². The van der Waals surface area contributed by atoms with Crippen LogP contribution >= 0.6 is 0 Å². The number of nitrogens with two attached hydrogens (primary N) is 1. The van der Waals surface area contributed by atoms with Crippen LogP contribution in [-0.2, 0) is 0 Å². The van der Waals surface area contributed by atoms with Crippen LogP contribution in [0, 0.1) is 11.8 Å². The quantitative estimate of drug-likeness (QED) is 0.719. The van der Waals surface area contributed by atoms with Gasteiger partial charge in [-0.25, -0.2) is 0 Å². The van der Waals surface area contributed by atoms with Gasteiger partial charge in [-0.1, -0.05) is 27.2 Å². The standard InChI is InChI=1S/C12H26N2O/c1-4-5-11(13)12(8-15)14-6-9(2)10(3)7-14/h9-12,15H,4-8,13H2,1-3H3. The van der Waals surface area contributed by atoms with Gasteiger partial charge in [0.05, 0.1) is 6.61 Å². The first-order valence-electron chi connectivity index (χ1n) is 6.20. The van der Waals surface area contributed by atoms with E-state index in [0.29, 0.717) is 0 Å². The number of likely N-dealkylation sites (tertiary alicyclic amines) is 1. The van der Waals surface area contributed by atoms with Gasteiger partial charge in [0.15, 0.2) is 0 Å². The van der Waals surface area contributed by atoms with Crippen molar-refractivity contribution < 1.29 is 5.11 Å². The first-order valence-corrected chi connectivity index (χ1v) is 6.20. The van der Waals surface area contributed by atoms with E-state index in [2.05, 4.69) is 25.7 Å². The molecule has 3 heteroatoms. The predicted octanol–water partition coefficient (Wildman–Crippen LogP) is 1.06. The molecule has 4 atom stereocenters. The fourth-order valence-electron chi connectivity index (χ4n) is 2.49. The minimum absolute atomic E-state index is 0.123. The molecule has 1 fully saturated rings. The summed E-state index contributed by atoms with van der Waals surface area (Å²) >= 11 is 0. The molecular formula is C12H26N2O. The van der Waals surface area contributed by atoms with Crippen molar-refractivity contribution in [1.29, 1.82) is 0 Å². The molecule has 0 saturated carbocycles. The number of aliphatic hydroxyl groups excluding tert-OH is 1. The zero-order chi connectivity index (χ0) is 11.4. The number of hydrogen-bond acceptors (Lipinski definition) is 3. The highest BCUT2D eigenvalue weighted by atomic mass is 16.3. The molecule has 1 saturated heterocycles. The fraction of sp³-hybridized carbons (Fsp3) is 1.00. The molecule has 0 spiro atoms. The minimum Gasteiger partial charge on any atom is -0.395 e. The molecule has 3 nitrogen and oxygen atoms in total. The van der Waals surface area contributed by atoms with Gasteiger partial charge in [-0.05, 0) is 18.3 Å². The Balaban J connectivity index is 2.52. The highest BCUT2D eigenvalue weighted by Crippen LogP contribution is 2.25. The Morgan fingerprint density at radius 2 is 1.87 bits per heavy atom. The van der Waals surface area contributed by atoms with E-state index in [0.717, 1.165) is 37.8 Å². The first kappa shape index (κ1) is 12.9. The first-order chi connectivity index (χ1) is 7.10. The van der Waals surface area contributed by atoms with Gasteiger partial charge in [-0.15, -0.1) is 0 Å². The van der Waals surface area contributed by atoms with Crippen molar-refractivity contribution in [3.8, 4) is 0 Å². The third-order valence-corrected chi connectivity index (χ3v) is 3.79. The fourth-order valence-corrected chi connectivity index (χ4v) is 2.49. The van der Waals surface area contributed by atoms with E-state index >= 15 is 0 Å². The second kappa shape index (κ2) is 5.83. The lowest BCUT2D eigenvalue weighted by Crippen LogP contribution is -2.49. The van der Waals surface area contributed by atoms with Gasteiger partial charge in [0.25, 0.3) is 0 Å². The van der Waals surface area contributed by atoms with Crippen molar-refractivity contribution in [2.75, 3.05) is 19.7 Å². The normalized spacial score (nSPS) is 31.8. The number of aliphatic hydroxyl groups is 1. The molecule has 0 aliphatic carbocycles. The lowest BCUT2D eigenvalue weighted by Gasteiger charge is -2.31. The molecule has 0 amide bonds. The van der Waals surface area contributed by atoms with Crippen LogP contribution in [0.15, 0.2) is 0 Å². The predicted molar refractivity (Wildman–Crippen MR) is 63.7 cm³/mol. The van der Waals surface area contributed by atoms with Gasteiger partial charge in [-0.2, -0.15) is 0 Å². The van der Waals surface area contributed by atoms with Gasteiger partial charge in [-0.3, -0.25) is 4.90 Å². The maximum absolute atomic E-state index is 9.43. The summed E-state index contributed by atoms with van der Waals surface area (Å²) in [6.45, 7) is 9.08. The Morgan fingerprint density at radius 1 is 1.33 bits per heavy atom. The molecule has 0 aromatic carbocycles. The van der Waals surface area contributed by atoms with Gasteiger partial charge >= 0.3 is 0 Å². The zero-order valence-electron chi connectivity index (χ0n) is 10.3. The minimum atomic E-state index is 0.123. The summed E-state index contributed by atoms with van der Waals surface area (Å²) in [4.78, 5) is 2.37. The van der Waals surface area contributed by atoms with Crippen LogP contribution in [0.2, 0.25) is 0 Å². The summed E-state index contributed by atoms with van der Waals surface area (Å²) in [5, 5.41) is 9.43. The molecular weight excluding hydrogens is 188 g/mol. The smallest absolute Gasteiger partial charge is 0.0601 e. The highest BCUT2D eigenvalue weighted by Gasteiger charge is 2.32. The maximum atomic E-state index is 9.43. The van der Waals surface area contributed by atoms with Crippen molar-refractivity contribution in [3.63, 3.8) is 0 Å². The Kier molecular flexibility index (Phi) is 5.03. The maximum Gasteiger partial charge on any atom is 0.0601 e. The largest absolute Gasteiger partial charge is 0.395 e. The van der Waals surface area contributed by atoms with Crippen LogP contribution in [0.3, 0.4) is 0 Å². The topological polar surface area (TPSA) is 49.5 Å². The van der Waals surface area contributed by atoms with Gasteiger partial charge < -0.3 is 10.8 Å². The zero-order valence-corrected chi connectivity index (χ0v) is 10.3. The Morgan fingerprint density at radius 3 is 2.27 bits per heavy atom. The molecule has 4 unspecified atom stereocenters. The summed E-state index contributed by atoms with van der Waals surface area (Å²) < 4.78 is 0. The molecule has 1 heterocycles. The molecule has 1 rings (SSSR count). The SMILES string of the molecule is CCCC(N)C(CO)N1CC(C)C(C)C1. The highest BCUT2D eigenvalue weighted by molar-refractivity contribution is 4.88. The van der Waals surface area contributed by atoms with E-state index in [1.807, 2.05) is 0 Å². The summed E-state index contributed by atoms with van der Waals surface area (Å²) in [6.07, 6.45) is 2.10. The average molecular weight is 214 g/mol. The number of hydrogen-bond donors (Lipinski definition) is 2. The molecule has 0 aromatic rings. The summed E-state index contributed by atoms with van der Waals surface area (Å²) in [6, 6.07) is 0.287. The van der Waals surface area contributed by atoms with Crippen molar-refractivity contribution in [1.82, 2.24) is 4.90 Å². The lowest BCUT2D eigenvalue weighted by molar-refractivity contribution is 0.118. The van der Waals surface area contributed by atoms with Crippen LogP contribution in [-0.4, -0.2) is 41.8 Å². The van der Waals surface area contributed by atoms with Crippen LogP contribution in [0.4, 0.5) is 0 Å². The van der Waals surface area contributed by atoms with Crippen LogP contribution in [0.5, 0.6) is 0 Å². The summed E-state index contributed by atoms with van der Waals surface area (Å²) in [7, 11) is 0. The third kappa shape index (κ3) is 3.16. The van der Waals surface area contributed by atoms with E-state index in [1.165, 1.54) is 0 Å². The van der Waals surface area contributed by atoms with E-state index in [-0.39, 0.29) is 18.7 Å². The van der Waals surface area contributed by atoms with Gasteiger partial charge in [0.2, 0.25) is 0 Å². The van der Waals surface area contributed by atoms with Gasteiger partial charge in [0.1, 0.15) is 0 Å². The molecule has 1 aliphatic rings. The summed E-state index contributed by atoms with van der Waals surface area (Å²) in [5.74, 6) is 1.46. The molecule has 0 bridgehead atoms. The Hall–Kier alpha value is -0.120. The number of nitrogens with zero attached hydrogens (tertiary/aromatic N) is 1. The van der Waals surface area contributed by atoms with E-state index < -0.39 is 0 Å². The Bertz CT molecular complexity index is 176. The molecule has 0 radical (unpaired) electrons. The molecule has 15 heavy (non-hydrogen) atoms. The molecule has 3 N–H and O–H groups in total. The second-order valence-corrected chi connectivity index (χ2v) is 5.11. The monoisotopic (exact) mass is 214 g/mol. The third-order valence-electron chi connectivity index (χ3n) is 3.79. The van der Waals surface area contributed by atoms with Crippen molar-refractivity contribution in [3.05, 3.63) is 0 Å². The molecule has 90 valence electrons. The number of rotatable bonds is 5.